The second kappa shape index (κ2) is 4.72. The molecule has 0 N–H and O–H groups in total. The summed E-state index contributed by atoms with van der Waals surface area (Å²) in [5, 5.41) is 5.86. The zero-order chi connectivity index (χ0) is 13.2. The van der Waals surface area contributed by atoms with Crippen molar-refractivity contribution in [3.8, 4) is 0 Å². The summed E-state index contributed by atoms with van der Waals surface area (Å²) in [6.07, 6.45) is 4.89. The molecule has 0 saturated carbocycles. The lowest BCUT2D eigenvalue weighted by Gasteiger charge is -1.95. The summed E-state index contributed by atoms with van der Waals surface area (Å²) >= 11 is 0. The molecule has 19 heavy (non-hydrogen) atoms. The molecule has 0 aliphatic heterocycles. The average Bonchev–Trinajstić information content (AvgIpc) is 2.83. The lowest BCUT2D eigenvalue weighted by molar-refractivity contribution is 0.458. The standard InChI is InChI=1S/C15H15N3O/c1-3-11-4-5-13-14(10-11)19-17-15(13)16-12-6-8-18(2)9-7-12/h4-10H,3H2,1-2H3. The molecular weight excluding hydrogens is 238 g/mol. The molecule has 2 heterocycles. The summed E-state index contributed by atoms with van der Waals surface area (Å²) in [6, 6.07) is 10.0. The van der Waals surface area contributed by atoms with E-state index in [0.717, 1.165) is 22.7 Å². The first-order valence-electron chi connectivity index (χ1n) is 6.31. The summed E-state index contributed by atoms with van der Waals surface area (Å²) in [5.74, 6) is 0.631. The van der Waals surface area contributed by atoms with E-state index in [1.165, 1.54) is 5.56 Å². The molecule has 0 atom stereocenters. The van der Waals surface area contributed by atoms with E-state index in [0.29, 0.717) is 5.82 Å². The number of benzene rings is 1. The van der Waals surface area contributed by atoms with Gasteiger partial charge in [-0.2, -0.15) is 0 Å². The molecule has 3 rings (SSSR count). The summed E-state index contributed by atoms with van der Waals surface area (Å²) in [4.78, 5) is 4.51. The maximum Gasteiger partial charge on any atom is 0.203 e. The van der Waals surface area contributed by atoms with E-state index in [2.05, 4.69) is 23.1 Å². The van der Waals surface area contributed by atoms with Gasteiger partial charge >= 0.3 is 0 Å². The molecule has 0 saturated heterocycles. The van der Waals surface area contributed by atoms with Crippen LogP contribution in [0.25, 0.3) is 11.0 Å². The number of hydrogen-bond acceptors (Lipinski definition) is 3. The van der Waals surface area contributed by atoms with Crippen molar-refractivity contribution >= 4 is 16.8 Å². The first kappa shape index (κ1) is 11.7. The zero-order valence-electron chi connectivity index (χ0n) is 11.0. The fraction of sp³-hybridized carbons (Fsp3) is 0.200. The van der Waals surface area contributed by atoms with Gasteiger partial charge in [-0.05, 0) is 36.2 Å². The molecule has 1 aromatic carbocycles. The van der Waals surface area contributed by atoms with E-state index >= 15 is 0 Å². The Bertz CT molecular complexity index is 763. The van der Waals surface area contributed by atoms with Crippen LogP contribution in [0.1, 0.15) is 12.5 Å². The highest BCUT2D eigenvalue weighted by molar-refractivity contribution is 5.86. The first-order chi connectivity index (χ1) is 9.26. The lowest BCUT2D eigenvalue weighted by atomic mass is 10.1. The zero-order valence-corrected chi connectivity index (χ0v) is 11.0. The van der Waals surface area contributed by atoms with Gasteiger partial charge in [-0.15, -0.1) is 0 Å². The van der Waals surface area contributed by atoms with Gasteiger partial charge in [0.15, 0.2) is 5.58 Å². The molecule has 0 radical (unpaired) electrons. The van der Waals surface area contributed by atoms with Crippen molar-refractivity contribution in [1.29, 1.82) is 0 Å². The van der Waals surface area contributed by atoms with Crippen molar-refractivity contribution in [2.24, 2.45) is 12.0 Å². The normalized spacial score (nSPS) is 10.8. The van der Waals surface area contributed by atoms with Gasteiger partial charge in [0.25, 0.3) is 0 Å². The molecular formula is C15H15N3O. The second-order valence-corrected chi connectivity index (χ2v) is 4.52. The predicted octanol–water partition coefficient (Wildman–Crippen LogP) is 2.96. The summed E-state index contributed by atoms with van der Waals surface area (Å²) in [7, 11) is 1.97. The molecule has 4 nitrogen and oxygen atoms in total. The Labute approximate surface area is 111 Å². The summed E-state index contributed by atoms with van der Waals surface area (Å²) in [5.41, 5.74) is 2.03. The number of nitrogens with zero attached hydrogens (tertiary/aromatic N) is 3. The number of aryl methyl sites for hydroxylation is 2. The SMILES string of the molecule is CCc1ccc2c(N=c3ccn(C)cc3)noc2c1. The van der Waals surface area contributed by atoms with Crippen molar-refractivity contribution in [3.63, 3.8) is 0 Å². The van der Waals surface area contributed by atoms with Crippen LogP contribution in [0, 0.1) is 0 Å². The van der Waals surface area contributed by atoms with Gasteiger partial charge in [-0.25, -0.2) is 4.99 Å². The molecule has 0 aliphatic rings. The molecule has 0 unspecified atom stereocenters. The predicted molar refractivity (Wildman–Crippen MR) is 74.0 cm³/mol. The van der Waals surface area contributed by atoms with Crippen molar-refractivity contribution < 1.29 is 4.52 Å². The van der Waals surface area contributed by atoms with Crippen LogP contribution in [0.4, 0.5) is 5.82 Å². The third-order valence-electron chi connectivity index (χ3n) is 3.12. The quantitative estimate of drug-likeness (QED) is 0.704. The molecule has 96 valence electrons. The highest BCUT2D eigenvalue weighted by Gasteiger charge is 2.06. The van der Waals surface area contributed by atoms with Crippen LogP contribution in [-0.2, 0) is 13.5 Å². The molecule has 0 aliphatic carbocycles. The molecule has 0 amide bonds. The van der Waals surface area contributed by atoms with Crippen molar-refractivity contribution in [2.45, 2.75) is 13.3 Å². The highest BCUT2D eigenvalue weighted by atomic mass is 16.5. The smallest absolute Gasteiger partial charge is 0.203 e. The van der Waals surface area contributed by atoms with Gasteiger partial charge in [-0.1, -0.05) is 18.1 Å². The number of aromatic nitrogens is 2. The Hall–Kier alpha value is -2.36. The number of hydrogen-bond donors (Lipinski definition) is 0. The van der Waals surface area contributed by atoms with E-state index in [-0.39, 0.29) is 0 Å². The Morgan fingerprint density at radius 3 is 2.74 bits per heavy atom. The van der Waals surface area contributed by atoms with Crippen molar-refractivity contribution in [3.05, 3.63) is 53.6 Å². The van der Waals surface area contributed by atoms with Crippen LogP contribution in [-0.4, -0.2) is 9.72 Å². The maximum atomic E-state index is 5.34. The molecule has 0 spiro atoms. The summed E-state index contributed by atoms with van der Waals surface area (Å²) in [6.45, 7) is 2.12. The Kier molecular flexibility index (Phi) is 2.91. The third-order valence-corrected chi connectivity index (χ3v) is 3.12. The minimum Gasteiger partial charge on any atom is -0.357 e. The van der Waals surface area contributed by atoms with Crippen molar-refractivity contribution in [2.75, 3.05) is 0 Å². The maximum absolute atomic E-state index is 5.34. The van der Waals surface area contributed by atoms with E-state index in [4.69, 9.17) is 4.52 Å². The Morgan fingerprint density at radius 2 is 2.00 bits per heavy atom. The van der Waals surface area contributed by atoms with Crippen LogP contribution in [0.5, 0.6) is 0 Å². The average molecular weight is 253 g/mol. The topological polar surface area (TPSA) is 43.3 Å². The first-order valence-corrected chi connectivity index (χ1v) is 6.31. The van der Waals surface area contributed by atoms with E-state index in [1.807, 2.05) is 48.3 Å². The minimum absolute atomic E-state index is 0.631. The van der Waals surface area contributed by atoms with E-state index < -0.39 is 0 Å². The minimum atomic E-state index is 0.631. The van der Waals surface area contributed by atoms with Gasteiger partial charge in [-0.3, -0.25) is 0 Å². The molecule has 4 heteroatoms. The fourth-order valence-corrected chi connectivity index (χ4v) is 1.96. The fourth-order valence-electron chi connectivity index (χ4n) is 1.96. The van der Waals surface area contributed by atoms with Crippen LogP contribution in [0.3, 0.4) is 0 Å². The summed E-state index contributed by atoms with van der Waals surface area (Å²) < 4.78 is 7.30. The van der Waals surface area contributed by atoms with Gasteiger partial charge in [0.2, 0.25) is 5.82 Å². The van der Waals surface area contributed by atoms with E-state index in [1.54, 1.807) is 0 Å². The van der Waals surface area contributed by atoms with Crippen LogP contribution in [0.2, 0.25) is 0 Å². The van der Waals surface area contributed by atoms with Gasteiger partial charge < -0.3 is 9.09 Å². The van der Waals surface area contributed by atoms with Crippen molar-refractivity contribution in [1.82, 2.24) is 9.72 Å². The van der Waals surface area contributed by atoms with Gasteiger partial charge in [0, 0.05) is 19.4 Å². The number of pyridine rings is 1. The van der Waals surface area contributed by atoms with Crippen LogP contribution >= 0.6 is 0 Å². The third kappa shape index (κ3) is 2.29. The van der Waals surface area contributed by atoms with E-state index in [9.17, 15) is 0 Å². The van der Waals surface area contributed by atoms with Crippen LogP contribution < -0.4 is 5.36 Å². The van der Waals surface area contributed by atoms with Crippen LogP contribution in [0.15, 0.2) is 52.2 Å². The Balaban J connectivity index is 2.11. The highest BCUT2D eigenvalue weighted by Crippen LogP contribution is 2.25. The Morgan fingerprint density at radius 1 is 1.21 bits per heavy atom. The largest absolute Gasteiger partial charge is 0.357 e. The molecule has 0 bridgehead atoms. The molecule has 0 fully saturated rings. The molecule has 2 aromatic heterocycles. The monoisotopic (exact) mass is 253 g/mol. The van der Waals surface area contributed by atoms with Gasteiger partial charge in [0.1, 0.15) is 0 Å². The number of rotatable bonds is 2. The lowest BCUT2D eigenvalue weighted by Crippen LogP contribution is -2.01. The van der Waals surface area contributed by atoms with Gasteiger partial charge in [0.05, 0.1) is 10.7 Å². The molecule has 3 aromatic rings. The second-order valence-electron chi connectivity index (χ2n) is 4.52. The number of fused-ring (bicyclic) bond motifs is 1.